The third kappa shape index (κ3) is 5.61. The molecule has 9 heteroatoms. The molecule has 0 radical (unpaired) electrons. The highest BCUT2D eigenvalue weighted by Gasteiger charge is 2.09. The van der Waals surface area contributed by atoms with Gasteiger partial charge < -0.3 is 4.74 Å². The highest BCUT2D eigenvalue weighted by Crippen LogP contribution is 2.19. The molecule has 0 bridgehead atoms. The van der Waals surface area contributed by atoms with Gasteiger partial charge in [-0.2, -0.15) is 5.10 Å². The molecule has 0 aliphatic rings. The second-order valence-electron chi connectivity index (χ2n) is 6.02. The first-order chi connectivity index (χ1) is 13.9. The lowest BCUT2D eigenvalue weighted by atomic mass is 10.1. The Balaban J connectivity index is 1.82. The molecule has 0 aliphatic carbocycles. The van der Waals surface area contributed by atoms with Gasteiger partial charge in [-0.15, -0.1) is 11.6 Å². The van der Waals surface area contributed by atoms with E-state index in [4.69, 9.17) is 16.3 Å². The van der Waals surface area contributed by atoms with Crippen molar-refractivity contribution in [2.75, 3.05) is 17.8 Å². The van der Waals surface area contributed by atoms with E-state index in [1.165, 1.54) is 16.8 Å². The Bertz CT molecular complexity index is 1070. The first-order valence-electron chi connectivity index (χ1n) is 8.58. The fraction of sp³-hybridized carbons (Fsp3) is 0.150. The number of hydrogen-bond donors (Lipinski definition) is 1. The van der Waals surface area contributed by atoms with Crippen LogP contribution in [0.1, 0.15) is 5.56 Å². The number of nitrogens with one attached hydrogen (secondary N) is 1. The molecule has 3 rings (SSSR count). The second-order valence-corrected chi connectivity index (χ2v) is 6.40. The van der Waals surface area contributed by atoms with E-state index in [2.05, 4.69) is 10.4 Å². The van der Waals surface area contributed by atoms with Crippen LogP contribution in [-0.4, -0.2) is 28.4 Å². The molecule has 0 saturated heterocycles. The SMILES string of the molecule is O=C(Nc1cccc(Cn2nc(-c3cc(F)cc(F)c3)ccc2=O)c1)OCCCl. The number of carbonyl (C=O) groups is 1. The number of rotatable bonds is 6. The van der Waals surface area contributed by atoms with Crippen molar-refractivity contribution in [2.45, 2.75) is 6.54 Å². The first kappa shape index (κ1) is 20.5. The van der Waals surface area contributed by atoms with Crippen molar-refractivity contribution in [3.05, 3.63) is 82.1 Å². The van der Waals surface area contributed by atoms with Crippen LogP contribution in [0.2, 0.25) is 0 Å². The summed E-state index contributed by atoms with van der Waals surface area (Å²) in [4.78, 5) is 23.8. The number of anilines is 1. The minimum atomic E-state index is -0.737. The average Bonchev–Trinajstić information content (AvgIpc) is 2.67. The van der Waals surface area contributed by atoms with Gasteiger partial charge >= 0.3 is 6.09 Å². The Morgan fingerprint density at radius 3 is 2.59 bits per heavy atom. The minimum absolute atomic E-state index is 0.0832. The standard InChI is InChI=1S/C20H16ClF2N3O3/c21-6-7-29-20(28)24-17-3-1-2-13(8-17)12-26-19(27)5-4-18(25-26)14-9-15(22)11-16(23)10-14/h1-5,8-11H,6-7,12H2,(H,24,28). The number of ether oxygens (including phenoxy) is 1. The van der Waals surface area contributed by atoms with Gasteiger partial charge in [0.2, 0.25) is 0 Å². The predicted octanol–water partition coefficient (Wildman–Crippen LogP) is 4.02. The molecule has 1 aromatic heterocycles. The lowest BCUT2D eigenvalue weighted by Crippen LogP contribution is -2.23. The van der Waals surface area contributed by atoms with Crippen molar-refractivity contribution >= 4 is 23.4 Å². The van der Waals surface area contributed by atoms with Crippen LogP contribution in [-0.2, 0) is 11.3 Å². The number of carbonyl (C=O) groups excluding carboxylic acids is 1. The topological polar surface area (TPSA) is 73.2 Å². The summed E-state index contributed by atoms with van der Waals surface area (Å²) in [6.45, 7) is 0.177. The number of benzene rings is 2. The molecule has 6 nitrogen and oxygen atoms in total. The Morgan fingerprint density at radius 1 is 1.10 bits per heavy atom. The highest BCUT2D eigenvalue weighted by molar-refractivity contribution is 6.18. The molecule has 1 amide bonds. The van der Waals surface area contributed by atoms with Crippen molar-refractivity contribution < 1.29 is 18.3 Å². The van der Waals surface area contributed by atoms with Crippen molar-refractivity contribution in [1.82, 2.24) is 9.78 Å². The zero-order chi connectivity index (χ0) is 20.8. The largest absolute Gasteiger partial charge is 0.448 e. The lowest BCUT2D eigenvalue weighted by molar-refractivity contribution is 0.168. The van der Waals surface area contributed by atoms with Crippen LogP contribution >= 0.6 is 11.6 Å². The number of alkyl halides is 1. The molecule has 150 valence electrons. The zero-order valence-electron chi connectivity index (χ0n) is 15.1. The Kier molecular flexibility index (Phi) is 6.56. The smallest absolute Gasteiger partial charge is 0.411 e. The third-order valence-corrected chi connectivity index (χ3v) is 4.00. The van der Waals surface area contributed by atoms with Gasteiger partial charge in [0.1, 0.15) is 18.2 Å². The monoisotopic (exact) mass is 419 g/mol. The summed E-state index contributed by atoms with van der Waals surface area (Å²) in [6, 6.07) is 12.5. The summed E-state index contributed by atoms with van der Waals surface area (Å²) in [5.41, 5.74) is 1.23. The molecule has 2 aromatic carbocycles. The summed E-state index contributed by atoms with van der Waals surface area (Å²) in [5.74, 6) is -1.29. The predicted molar refractivity (Wildman–Crippen MR) is 105 cm³/mol. The van der Waals surface area contributed by atoms with E-state index >= 15 is 0 Å². The maximum atomic E-state index is 13.5. The molecule has 0 spiro atoms. The normalized spacial score (nSPS) is 10.6. The fourth-order valence-corrected chi connectivity index (χ4v) is 2.70. The van der Waals surface area contributed by atoms with Crippen molar-refractivity contribution in [3.63, 3.8) is 0 Å². The molecule has 0 atom stereocenters. The lowest BCUT2D eigenvalue weighted by Gasteiger charge is -2.10. The van der Waals surface area contributed by atoms with E-state index in [0.29, 0.717) is 11.3 Å². The van der Waals surface area contributed by atoms with Crippen LogP contribution in [0.15, 0.2) is 59.4 Å². The number of hydrogen-bond acceptors (Lipinski definition) is 4. The maximum Gasteiger partial charge on any atom is 0.411 e. The van der Waals surface area contributed by atoms with E-state index < -0.39 is 17.7 Å². The molecule has 29 heavy (non-hydrogen) atoms. The van der Waals surface area contributed by atoms with E-state index in [-0.39, 0.29) is 35.8 Å². The number of amides is 1. The zero-order valence-corrected chi connectivity index (χ0v) is 15.8. The highest BCUT2D eigenvalue weighted by atomic mass is 35.5. The van der Waals surface area contributed by atoms with Gasteiger partial charge in [0.15, 0.2) is 0 Å². The van der Waals surface area contributed by atoms with Gasteiger partial charge in [-0.05, 0) is 35.9 Å². The van der Waals surface area contributed by atoms with Crippen LogP contribution in [0.5, 0.6) is 0 Å². The molecule has 0 aliphatic heterocycles. The second kappa shape index (κ2) is 9.29. The minimum Gasteiger partial charge on any atom is -0.448 e. The summed E-state index contributed by atoms with van der Waals surface area (Å²) < 4.78 is 33.0. The molecule has 1 heterocycles. The maximum absolute atomic E-state index is 13.5. The number of aromatic nitrogens is 2. The van der Waals surface area contributed by atoms with Crippen molar-refractivity contribution in [3.8, 4) is 11.3 Å². The van der Waals surface area contributed by atoms with Gasteiger partial charge in [-0.25, -0.2) is 18.3 Å². The van der Waals surface area contributed by atoms with Crippen LogP contribution in [0, 0.1) is 11.6 Å². The van der Waals surface area contributed by atoms with Gasteiger partial charge in [0, 0.05) is 23.4 Å². The first-order valence-corrected chi connectivity index (χ1v) is 9.11. The third-order valence-electron chi connectivity index (χ3n) is 3.84. The fourth-order valence-electron chi connectivity index (χ4n) is 2.62. The molecule has 0 saturated carbocycles. The van der Waals surface area contributed by atoms with Crippen LogP contribution in [0.3, 0.4) is 0 Å². The van der Waals surface area contributed by atoms with Crippen LogP contribution in [0.25, 0.3) is 11.3 Å². The Hall–Kier alpha value is -3.26. The Morgan fingerprint density at radius 2 is 1.86 bits per heavy atom. The van der Waals surface area contributed by atoms with Crippen LogP contribution in [0.4, 0.5) is 19.3 Å². The quantitative estimate of drug-likeness (QED) is 0.612. The summed E-state index contributed by atoms with van der Waals surface area (Å²) in [7, 11) is 0. The van der Waals surface area contributed by atoms with E-state index in [9.17, 15) is 18.4 Å². The van der Waals surface area contributed by atoms with Crippen molar-refractivity contribution in [1.29, 1.82) is 0 Å². The van der Waals surface area contributed by atoms with Crippen LogP contribution < -0.4 is 10.9 Å². The number of halogens is 3. The molecule has 0 unspecified atom stereocenters. The molecule has 0 fully saturated rings. The number of nitrogens with zero attached hydrogens (tertiary/aromatic N) is 2. The molecular weight excluding hydrogens is 404 g/mol. The van der Waals surface area contributed by atoms with Crippen molar-refractivity contribution in [2.24, 2.45) is 0 Å². The molecule has 3 aromatic rings. The van der Waals surface area contributed by atoms with Gasteiger partial charge in [-0.3, -0.25) is 10.1 Å². The average molecular weight is 420 g/mol. The van der Waals surface area contributed by atoms with Gasteiger partial charge in [0.25, 0.3) is 5.56 Å². The molecule has 1 N–H and O–H groups in total. The summed E-state index contributed by atoms with van der Waals surface area (Å²) in [5, 5.41) is 6.75. The van der Waals surface area contributed by atoms with Gasteiger partial charge in [0.05, 0.1) is 18.1 Å². The van der Waals surface area contributed by atoms with Gasteiger partial charge in [-0.1, -0.05) is 12.1 Å². The summed E-state index contributed by atoms with van der Waals surface area (Å²) in [6.07, 6.45) is -0.645. The molecular formula is C20H16ClF2N3O3. The summed E-state index contributed by atoms with van der Waals surface area (Å²) >= 11 is 5.47. The van der Waals surface area contributed by atoms with E-state index in [0.717, 1.165) is 18.2 Å². The van der Waals surface area contributed by atoms with E-state index in [1.807, 2.05) is 0 Å². The Labute approximate surface area is 169 Å². The van der Waals surface area contributed by atoms with E-state index in [1.54, 1.807) is 24.3 Å².